The number of thiazole rings is 1. The number of anilines is 1. The number of ether oxygens (including phenoxy) is 1. The molecule has 0 bridgehead atoms. The molecule has 0 saturated heterocycles. The second-order valence-electron chi connectivity index (χ2n) is 6.45. The summed E-state index contributed by atoms with van der Waals surface area (Å²) < 4.78 is 4.59. The highest BCUT2D eigenvalue weighted by atomic mass is 32.1. The molecule has 0 saturated carbocycles. The van der Waals surface area contributed by atoms with Gasteiger partial charge in [-0.25, -0.2) is 9.78 Å². The zero-order valence-corrected chi connectivity index (χ0v) is 15.8. The first-order valence-corrected chi connectivity index (χ1v) is 9.00. The van der Waals surface area contributed by atoms with Crippen LogP contribution in [0, 0.1) is 0 Å². The van der Waals surface area contributed by atoms with Crippen LogP contribution in [0.4, 0.5) is 9.93 Å². The molecule has 1 aliphatic rings. The molecule has 1 aromatic rings. The molecule has 1 aromatic heterocycles. The first-order valence-electron chi connectivity index (χ1n) is 8.18. The average Bonchev–Trinajstić information content (AvgIpc) is 2.87. The number of hydrogen-bond acceptors (Lipinski definition) is 6. The van der Waals surface area contributed by atoms with E-state index in [-0.39, 0.29) is 18.0 Å². The van der Waals surface area contributed by atoms with Crippen LogP contribution in [0.25, 0.3) is 0 Å². The van der Waals surface area contributed by atoms with E-state index in [0.717, 1.165) is 23.5 Å². The van der Waals surface area contributed by atoms with Crippen molar-refractivity contribution in [3.8, 4) is 0 Å². The van der Waals surface area contributed by atoms with Crippen molar-refractivity contribution in [1.29, 1.82) is 0 Å². The molecule has 0 spiro atoms. The second kappa shape index (κ2) is 7.94. The Morgan fingerprint density at radius 2 is 2.00 bits per heavy atom. The zero-order chi connectivity index (χ0) is 17.9. The van der Waals surface area contributed by atoms with Gasteiger partial charge in [0.2, 0.25) is 5.91 Å². The van der Waals surface area contributed by atoms with Gasteiger partial charge >= 0.3 is 6.09 Å². The fourth-order valence-corrected chi connectivity index (χ4v) is 4.06. The Bertz CT molecular complexity index is 592. The van der Waals surface area contributed by atoms with Crippen LogP contribution < -0.4 is 5.32 Å². The Kier molecular flexibility index (Phi) is 6.17. The Balaban J connectivity index is 1.99. The summed E-state index contributed by atoms with van der Waals surface area (Å²) in [5.74, 6) is 0.154. The predicted molar refractivity (Wildman–Crippen MR) is 94.2 cm³/mol. The maximum absolute atomic E-state index is 12.6. The lowest BCUT2D eigenvalue weighted by atomic mass is 10.1. The van der Waals surface area contributed by atoms with E-state index in [2.05, 4.69) is 19.9 Å². The van der Waals surface area contributed by atoms with Crippen LogP contribution >= 0.6 is 11.3 Å². The van der Waals surface area contributed by atoms with Crippen molar-refractivity contribution in [3.63, 3.8) is 0 Å². The molecule has 8 heteroatoms. The van der Waals surface area contributed by atoms with Crippen LogP contribution in [0.2, 0.25) is 0 Å². The maximum atomic E-state index is 12.6. The van der Waals surface area contributed by atoms with Gasteiger partial charge in [0.15, 0.2) is 5.13 Å². The fraction of sp³-hybridized carbons (Fsp3) is 0.688. The molecule has 1 N–H and O–H groups in total. The number of nitrogens with zero attached hydrogens (tertiary/aromatic N) is 3. The van der Waals surface area contributed by atoms with Gasteiger partial charge in [-0.1, -0.05) is 11.3 Å². The van der Waals surface area contributed by atoms with Crippen molar-refractivity contribution in [2.75, 3.05) is 25.5 Å². The lowest BCUT2D eigenvalue weighted by Gasteiger charge is -2.34. The number of fused-ring (bicyclic) bond motifs is 1. The molecule has 0 atom stereocenters. The van der Waals surface area contributed by atoms with Gasteiger partial charge < -0.3 is 9.64 Å². The summed E-state index contributed by atoms with van der Waals surface area (Å²) in [7, 11) is 1.32. The van der Waals surface area contributed by atoms with Gasteiger partial charge in [0, 0.05) is 36.5 Å². The van der Waals surface area contributed by atoms with Crippen molar-refractivity contribution in [2.24, 2.45) is 0 Å². The van der Waals surface area contributed by atoms with Crippen molar-refractivity contribution < 1.29 is 14.3 Å². The summed E-state index contributed by atoms with van der Waals surface area (Å²) >= 11 is 1.44. The van der Waals surface area contributed by atoms with Crippen LogP contribution in [-0.2, 0) is 22.5 Å². The molecule has 0 fully saturated rings. The highest BCUT2D eigenvalue weighted by Crippen LogP contribution is 2.28. The lowest BCUT2D eigenvalue weighted by molar-refractivity contribution is -0.136. The highest BCUT2D eigenvalue weighted by Gasteiger charge is 2.26. The van der Waals surface area contributed by atoms with Crippen LogP contribution in [-0.4, -0.2) is 59.1 Å². The van der Waals surface area contributed by atoms with E-state index in [1.807, 2.05) is 32.6 Å². The number of methoxy groups -OCH3 is 1. The number of carbonyl (C=O) groups excluding carboxylic acids is 2. The second-order valence-corrected chi connectivity index (χ2v) is 7.54. The first-order chi connectivity index (χ1) is 11.3. The minimum absolute atomic E-state index is 0.154. The standard InChI is InChI=1S/C16H26N4O3S/c1-10(2)20(11(3)4)14(21)9-19-7-6-12-13(8-19)24-15(17-12)18-16(22)23-5/h10-11H,6-9H2,1-5H3,(H,17,18,22). The quantitative estimate of drug-likeness (QED) is 0.878. The third kappa shape index (κ3) is 4.45. The molecule has 2 heterocycles. The molecular formula is C16H26N4O3S. The average molecular weight is 354 g/mol. The van der Waals surface area contributed by atoms with Crippen molar-refractivity contribution in [2.45, 2.75) is 52.7 Å². The number of nitrogens with one attached hydrogen (secondary N) is 1. The summed E-state index contributed by atoms with van der Waals surface area (Å²) in [6.45, 7) is 10.1. The van der Waals surface area contributed by atoms with E-state index in [0.29, 0.717) is 18.2 Å². The van der Waals surface area contributed by atoms with E-state index in [4.69, 9.17) is 0 Å². The molecule has 2 rings (SSSR count). The number of hydrogen-bond donors (Lipinski definition) is 1. The van der Waals surface area contributed by atoms with E-state index in [9.17, 15) is 9.59 Å². The van der Waals surface area contributed by atoms with Gasteiger partial charge in [-0.05, 0) is 27.7 Å². The predicted octanol–water partition coefficient (Wildman–Crippen LogP) is 2.32. The number of rotatable bonds is 5. The Morgan fingerprint density at radius 1 is 1.33 bits per heavy atom. The summed E-state index contributed by atoms with van der Waals surface area (Å²) in [5.41, 5.74) is 1.000. The van der Waals surface area contributed by atoms with Crippen LogP contribution in [0.3, 0.4) is 0 Å². The molecular weight excluding hydrogens is 328 g/mol. The molecule has 0 radical (unpaired) electrons. The fourth-order valence-electron chi connectivity index (χ4n) is 3.02. The van der Waals surface area contributed by atoms with Gasteiger partial charge in [0.25, 0.3) is 0 Å². The molecule has 134 valence electrons. The summed E-state index contributed by atoms with van der Waals surface area (Å²) in [6, 6.07) is 0.384. The number of aromatic nitrogens is 1. The molecule has 7 nitrogen and oxygen atoms in total. The van der Waals surface area contributed by atoms with Crippen LogP contribution in [0.15, 0.2) is 0 Å². The monoisotopic (exact) mass is 354 g/mol. The topological polar surface area (TPSA) is 74.8 Å². The van der Waals surface area contributed by atoms with Gasteiger partial charge in [0.1, 0.15) is 0 Å². The molecule has 24 heavy (non-hydrogen) atoms. The van der Waals surface area contributed by atoms with Gasteiger partial charge in [-0.15, -0.1) is 0 Å². The Morgan fingerprint density at radius 3 is 2.58 bits per heavy atom. The smallest absolute Gasteiger partial charge is 0.413 e. The molecule has 0 aromatic carbocycles. The number of amides is 2. The van der Waals surface area contributed by atoms with E-state index >= 15 is 0 Å². The zero-order valence-electron chi connectivity index (χ0n) is 15.0. The third-order valence-electron chi connectivity index (χ3n) is 3.96. The summed E-state index contributed by atoms with van der Waals surface area (Å²) in [5, 5.41) is 3.15. The molecule has 0 unspecified atom stereocenters. The highest BCUT2D eigenvalue weighted by molar-refractivity contribution is 7.15. The van der Waals surface area contributed by atoms with Gasteiger partial charge in [0.05, 0.1) is 19.3 Å². The van der Waals surface area contributed by atoms with Crippen molar-refractivity contribution in [1.82, 2.24) is 14.8 Å². The lowest BCUT2D eigenvalue weighted by Crippen LogP contribution is -2.47. The Labute approximate surface area is 147 Å². The normalized spacial score (nSPS) is 14.6. The third-order valence-corrected chi connectivity index (χ3v) is 4.96. The molecule has 2 amide bonds. The van der Waals surface area contributed by atoms with Crippen molar-refractivity contribution >= 4 is 28.5 Å². The van der Waals surface area contributed by atoms with E-state index in [1.54, 1.807) is 0 Å². The van der Waals surface area contributed by atoms with Gasteiger partial charge in [-0.2, -0.15) is 0 Å². The summed E-state index contributed by atoms with van der Waals surface area (Å²) in [4.78, 5) is 33.5. The van der Waals surface area contributed by atoms with Crippen LogP contribution in [0.5, 0.6) is 0 Å². The minimum atomic E-state index is -0.516. The van der Waals surface area contributed by atoms with Gasteiger partial charge in [-0.3, -0.25) is 15.0 Å². The van der Waals surface area contributed by atoms with E-state index < -0.39 is 6.09 Å². The van der Waals surface area contributed by atoms with Crippen LogP contribution in [0.1, 0.15) is 38.3 Å². The SMILES string of the molecule is COC(=O)Nc1nc2c(s1)CN(CC(=O)N(C(C)C)C(C)C)CC2. The maximum Gasteiger partial charge on any atom is 0.413 e. The van der Waals surface area contributed by atoms with Crippen molar-refractivity contribution in [3.05, 3.63) is 10.6 Å². The first kappa shape index (κ1) is 18.7. The molecule has 0 aliphatic carbocycles. The van der Waals surface area contributed by atoms with E-state index in [1.165, 1.54) is 18.4 Å². The number of carbonyl (C=O) groups is 2. The summed E-state index contributed by atoms with van der Waals surface area (Å²) in [6.07, 6.45) is 0.267. The Hall–Kier alpha value is -1.67. The minimum Gasteiger partial charge on any atom is -0.453 e. The molecule has 1 aliphatic heterocycles. The largest absolute Gasteiger partial charge is 0.453 e.